The van der Waals surface area contributed by atoms with E-state index in [1.54, 1.807) is 7.11 Å². The Morgan fingerprint density at radius 3 is 1.95 bits per heavy atom. The van der Waals surface area contributed by atoms with Crippen LogP contribution >= 0.6 is 40.2 Å². The summed E-state index contributed by atoms with van der Waals surface area (Å²) in [6.45, 7) is 3.12. The minimum Gasteiger partial charge on any atom is -0.497 e. The molecule has 0 fully saturated rings. The molecule has 110 valence electrons. The molecule has 6 heteroatoms. The quantitative estimate of drug-likeness (QED) is 0.620. The molecule has 0 aromatic heterocycles. The van der Waals surface area contributed by atoms with Crippen LogP contribution in [0.4, 0.5) is 0 Å². The predicted octanol–water partition coefficient (Wildman–Crippen LogP) is 3.43. The van der Waals surface area contributed by atoms with Crippen molar-refractivity contribution >= 4 is 40.2 Å². The van der Waals surface area contributed by atoms with E-state index in [2.05, 4.69) is 4.90 Å². The minimum absolute atomic E-state index is 0. The van der Waals surface area contributed by atoms with Crippen LogP contribution in [0.5, 0.6) is 11.5 Å². The Morgan fingerprint density at radius 2 is 1.47 bits per heavy atom. The molecule has 1 rings (SSSR count). The lowest BCUT2D eigenvalue weighted by atomic mass is 10.3. The second-order valence-corrected chi connectivity index (χ2v) is 4.50. The van der Waals surface area contributed by atoms with Crippen LogP contribution < -0.4 is 9.47 Å². The smallest absolute Gasteiger partial charge is 0.119 e. The molecule has 0 aliphatic carbocycles. The van der Waals surface area contributed by atoms with E-state index in [1.807, 2.05) is 24.3 Å². The molecule has 1 aromatic rings. The molecule has 0 atom stereocenters. The largest absolute Gasteiger partial charge is 0.497 e. The van der Waals surface area contributed by atoms with Gasteiger partial charge in [0.2, 0.25) is 0 Å². The summed E-state index contributed by atoms with van der Waals surface area (Å²) in [5.74, 6) is 2.89. The van der Waals surface area contributed by atoms with E-state index in [0.717, 1.165) is 31.1 Å². The first-order valence-corrected chi connectivity index (χ1v) is 6.98. The van der Waals surface area contributed by atoms with Crippen molar-refractivity contribution in [2.24, 2.45) is 0 Å². The molecule has 0 radical (unpaired) electrons. The lowest BCUT2D eigenvalue weighted by Crippen LogP contribution is -2.32. The third-order valence-electron chi connectivity index (χ3n) is 2.54. The van der Waals surface area contributed by atoms with Gasteiger partial charge in [0, 0.05) is 31.4 Å². The Kier molecular flexibility index (Phi) is 11.6. The van der Waals surface area contributed by atoms with Crippen LogP contribution in [0.2, 0.25) is 0 Å². The highest BCUT2D eigenvalue weighted by Gasteiger charge is 2.03. The molecule has 19 heavy (non-hydrogen) atoms. The van der Waals surface area contributed by atoms with Crippen molar-refractivity contribution in [1.29, 1.82) is 0 Å². The zero-order valence-corrected chi connectivity index (χ0v) is 14.2. The summed E-state index contributed by atoms with van der Waals surface area (Å²) < 4.78 is 10.7. The fraction of sp³-hybridized carbons (Fsp3) is 0.538. The molecule has 1 aromatic carbocycles. The molecule has 0 spiro atoms. The zero-order chi connectivity index (χ0) is 13.2. The van der Waals surface area contributed by atoms with Gasteiger partial charge in [-0.2, -0.15) is 0 Å². The summed E-state index contributed by atoms with van der Waals surface area (Å²) in [4.78, 5) is 2.18. The monoisotopic (exact) mass is 371 g/mol. The number of ether oxygens (including phenoxy) is 2. The first kappa shape index (κ1) is 18.8. The van der Waals surface area contributed by atoms with Crippen LogP contribution in [0.1, 0.15) is 0 Å². The van der Waals surface area contributed by atoms with E-state index < -0.39 is 0 Å². The van der Waals surface area contributed by atoms with Crippen LogP contribution in [-0.4, -0.2) is 50.0 Å². The highest BCUT2D eigenvalue weighted by atomic mass is 79.9. The van der Waals surface area contributed by atoms with Gasteiger partial charge in [-0.05, 0) is 24.3 Å². The summed E-state index contributed by atoms with van der Waals surface area (Å²) in [5, 5.41) is 0. The van der Waals surface area contributed by atoms with Gasteiger partial charge in [-0.1, -0.05) is 0 Å². The molecule has 0 heterocycles. The number of nitrogens with zero attached hydrogens (tertiary/aromatic N) is 1. The van der Waals surface area contributed by atoms with Gasteiger partial charge in [0.05, 0.1) is 7.11 Å². The number of hydrogen-bond donors (Lipinski definition) is 0. The van der Waals surface area contributed by atoms with E-state index in [0.29, 0.717) is 18.4 Å². The van der Waals surface area contributed by atoms with Gasteiger partial charge < -0.3 is 9.47 Å². The highest BCUT2D eigenvalue weighted by Crippen LogP contribution is 2.16. The Bertz CT molecular complexity index is 319. The first-order valence-electron chi connectivity index (χ1n) is 5.91. The molecule has 0 bridgehead atoms. The average Bonchev–Trinajstić information content (AvgIpc) is 2.40. The molecule has 0 N–H and O–H groups in total. The topological polar surface area (TPSA) is 21.7 Å². The van der Waals surface area contributed by atoms with Gasteiger partial charge >= 0.3 is 0 Å². The maximum absolute atomic E-state index is 5.72. The Balaban J connectivity index is 0.00000324. The number of halogens is 3. The Hall–Kier alpha value is -0.160. The average molecular weight is 373 g/mol. The van der Waals surface area contributed by atoms with Crippen molar-refractivity contribution in [1.82, 2.24) is 4.90 Å². The number of alkyl halides is 2. The van der Waals surface area contributed by atoms with Gasteiger partial charge in [-0.25, -0.2) is 0 Å². The molecule has 0 amide bonds. The van der Waals surface area contributed by atoms with Crippen molar-refractivity contribution in [2.45, 2.75) is 0 Å². The normalized spacial score (nSPS) is 10.1. The standard InChI is InChI=1S/C13H19Cl2NO2.BrH/c1-17-12-2-4-13(5-3-12)18-11-10-16(8-6-14)9-7-15;/h2-5H,6-11H2,1H3;1H. The van der Waals surface area contributed by atoms with E-state index in [1.165, 1.54) is 0 Å². The summed E-state index contributed by atoms with van der Waals surface area (Å²) in [6, 6.07) is 7.55. The maximum Gasteiger partial charge on any atom is 0.119 e. The van der Waals surface area contributed by atoms with Gasteiger partial charge in [-0.15, -0.1) is 40.2 Å². The predicted molar refractivity (Wildman–Crippen MR) is 86.7 cm³/mol. The number of hydrogen-bond acceptors (Lipinski definition) is 3. The lowest BCUT2D eigenvalue weighted by Gasteiger charge is -2.19. The molecular weight excluding hydrogens is 353 g/mol. The Morgan fingerprint density at radius 1 is 0.947 bits per heavy atom. The molecule has 0 aliphatic heterocycles. The molecule has 3 nitrogen and oxygen atoms in total. The van der Waals surface area contributed by atoms with Gasteiger partial charge in [0.15, 0.2) is 0 Å². The third-order valence-corrected chi connectivity index (χ3v) is 2.88. The van der Waals surface area contributed by atoms with Crippen LogP contribution in [0, 0.1) is 0 Å². The lowest BCUT2D eigenvalue weighted by molar-refractivity contribution is 0.224. The second-order valence-electron chi connectivity index (χ2n) is 3.74. The minimum atomic E-state index is 0. The van der Waals surface area contributed by atoms with Crippen molar-refractivity contribution < 1.29 is 9.47 Å². The summed E-state index contributed by atoms with van der Waals surface area (Å²) in [7, 11) is 1.64. The molecule has 0 saturated carbocycles. The summed E-state index contributed by atoms with van der Waals surface area (Å²) in [6.07, 6.45) is 0. The number of methoxy groups -OCH3 is 1. The molecule has 0 saturated heterocycles. The third kappa shape index (κ3) is 7.88. The van der Waals surface area contributed by atoms with E-state index in [-0.39, 0.29) is 17.0 Å². The van der Waals surface area contributed by atoms with Gasteiger partial charge in [-0.3, -0.25) is 4.90 Å². The van der Waals surface area contributed by atoms with Crippen LogP contribution in [0.15, 0.2) is 24.3 Å². The van der Waals surface area contributed by atoms with E-state index in [9.17, 15) is 0 Å². The van der Waals surface area contributed by atoms with Crippen LogP contribution in [0.3, 0.4) is 0 Å². The van der Waals surface area contributed by atoms with Crippen molar-refractivity contribution in [3.8, 4) is 11.5 Å². The molecule has 0 aliphatic rings. The van der Waals surface area contributed by atoms with E-state index in [4.69, 9.17) is 32.7 Å². The van der Waals surface area contributed by atoms with Crippen LogP contribution in [0.25, 0.3) is 0 Å². The fourth-order valence-corrected chi connectivity index (χ4v) is 2.02. The zero-order valence-electron chi connectivity index (χ0n) is 11.0. The summed E-state index contributed by atoms with van der Waals surface area (Å²) in [5.41, 5.74) is 0. The number of benzene rings is 1. The van der Waals surface area contributed by atoms with Gasteiger partial charge in [0.1, 0.15) is 18.1 Å². The highest BCUT2D eigenvalue weighted by molar-refractivity contribution is 8.93. The van der Waals surface area contributed by atoms with Crippen molar-refractivity contribution in [2.75, 3.05) is 45.1 Å². The fourth-order valence-electron chi connectivity index (χ4n) is 1.54. The molecule has 0 unspecified atom stereocenters. The second kappa shape index (κ2) is 11.6. The Labute approximate surface area is 135 Å². The molecular formula is C13H20BrCl2NO2. The van der Waals surface area contributed by atoms with Crippen molar-refractivity contribution in [3.63, 3.8) is 0 Å². The van der Waals surface area contributed by atoms with E-state index >= 15 is 0 Å². The van der Waals surface area contributed by atoms with Crippen molar-refractivity contribution in [3.05, 3.63) is 24.3 Å². The number of rotatable bonds is 9. The maximum atomic E-state index is 5.72. The SMILES string of the molecule is Br.COc1ccc(OCCN(CCCl)CCCl)cc1. The summed E-state index contributed by atoms with van der Waals surface area (Å²) >= 11 is 11.4. The first-order chi connectivity index (χ1) is 8.80. The van der Waals surface area contributed by atoms with Gasteiger partial charge in [0.25, 0.3) is 0 Å². The van der Waals surface area contributed by atoms with Crippen LogP contribution in [-0.2, 0) is 0 Å².